The van der Waals surface area contributed by atoms with Crippen LogP contribution in [0, 0.1) is 0 Å². The molecule has 10 nitrogen and oxygen atoms in total. The second-order valence-electron chi connectivity index (χ2n) is 8.19. The number of nitrogens with zero attached hydrogens (tertiary/aromatic N) is 4. The molecule has 0 saturated carbocycles. The van der Waals surface area contributed by atoms with Crippen molar-refractivity contribution in [1.82, 2.24) is 30.4 Å². The fraction of sp³-hybridized carbons (Fsp3) is 0.526. The van der Waals surface area contributed by atoms with Crippen LogP contribution in [-0.2, 0) is 10.2 Å². The second-order valence-corrected chi connectivity index (χ2v) is 8.19. The number of H-pyrrole nitrogens is 1. The second kappa shape index (κ2) is 8.26. The van der Waals surface area contributed by atoms with Gasteiger partial charge in [0.15, 0.2) is 0 Å². The van der Waals surface area contributed by atoms with E-state index in [2.05, 4.69) is 25.5 Å². The molecule has 1 atom stereocenters. The quantitative estimate of drug-likeness (QED) is 0.662. The Morgan fingerprint density at radius 2 is 2.14 bits per heavy atom. The van der Waals surface area contributed by atoms with Crippen molar-refractivity contribution in [3.05, 3.63) is 41.7 Å². The molecule has 29 heavy (non-hydrogen) atoms. The first kappa shape index (κ1) is 20.9. The van der Waals surface area contributed by atoms with E-state index in [4.69, 9.17) is 4.74 Å². The van der Waals surface area contributed by atoms with Gasteiger partial charge in [0.1, 0.15) is 17.0 Å². The van der Waals surface area contributed by atoms with Crippen LogP contribution in [0.15, 0.2) is 24.7 Å². The molecule has 2 aromatic rings. The maximum absolute atomic E-state index is 12.9. The Balaban J connectivity index is 1.67. The van der Waals surface area contributed by atoms with Gasteiger partial charge in [0.25, 0.3) is 11.8 Å². The summed E-state index contributed by atoms with van der Waals surface area (Å²) in [6, 6.07) is 1.73. The third-order valence-electron chi connectivity index (χ3n) is 4.63. The predicted molar refractivity (Wildman–Crippen MR) is 103 cm³/mol. The van der Waals surface area contributed by atoms with Gasteiger partial charge in [-0.2, -0.15) is 5.10 Å². The number of β-amino-alcohol motifs (C(OH)–C–C–N with tert-alkyl or cyclic N) is 1. The van der Waals surface area contributed by atoms with Crippen molar-refractivity contribution in [3.8, 4) is 0 Å². The molecule has 1 saturated heterocycles. The third-order valence-corrected chi connectivity index (χ3v) is 4.63. The van der Waals surface area contributed by atoms with E-state index in [0.717, 1.165) is 5.69 Å². The zero-order valence-corrected chi connectivity index (χ0v) is 16.8. The highest BCUT2D eigenvalue weighted by molar-refractivity contribution is 5.93. The first-order valence-corrected chi connectivity index (χ1v) is 9.37. The van der Waals surface area contributed by atoms with E-state index in [0.29, 0.717) is 6.54 Å². The number of carbonyl (C=O) groups excluding carboxylic acids is 2. The van der Waals surface area contributed by atoms with E-state index in [1.807, 2.05) is 20.8 Å². The van der Waals surface area contributed by atoms with Crippen molar-refractivity contribution in [3.63, 3.8) is 0 Å². The third kappa shape index (κ3) is 5.15. The molecule has 1 aliphatic rings. The zero-order chi connectivity index (χ0) is 21.1. The molecule has 0 spiro atoms. The van der Waals surface area contributed by atoms with Crippen molar-refractivity contribution in [2.24, 2.45) is 0 Å². The van der Waals surface area contributed by atoms with Crippen LogP contribution in [0.3, 0.4) is 0 Å². The Labute approximate surface area is 168 Å². The summed E-state index contributed by atoms with van der Waals surface area (Å²) in [6.45, 7) is 6.56. The molecule has 3 N–H and O–H groups in total. The summed E-state index contributed by atoms with van der Waals surface area (Å²) in [5.41, 5.74) is -0.336. The van der Waals surface area contributed by atoms with Gasteiger partial charge in [-0.25, -0.2) is 4.98 Å². The van der Waals surface area contributed by atoms with Crippen LogP contribution in [0.1, 0.15) is 47.4 Å². The predicted octanol–water partition coefficient (Wildman–Crippen LogP) is 0.131. The van der Waals surface area contributed by atoms with Crippen LogP contribution < -0.4 is 5.32 Å². The van der Waals surface area contributed by atoms with Crippen molar-refractivity contribution in [2.75, 3.05) is 32.8 Å². The highest BCUT2D eigenvalue weighted by Crippen LogP contribution is 2.21. The van der Waals surface area contributed by atoms with E-state index >= 15 is 0 Å². The molecule has 0 aliphatic carbocycles. The molecule has 1 fully saturated rings. The lowest BCUT2D eigenvalue weighted by Gasteiger charge is -2.30. The summed E-state index contributed by atoms with van der Waals surface area (Å²) in [5, 5.41) is 20.6. The number of carbonyl (C=O) groups is 2. The lowest BCUT2D eigenvalue weighted by atomic mass is 9.92. The van der Waals surface area contributed by atoms with Gasteiger partial charge in [-0.15, -0.1) is 0 Å². The molecule has 3 rings (SSSR count). The number of nitrogens with one attached hydrogen (secondary N) is 2. The fourth-order valence-electron chi connectivity index (χ4n) is 2.93. The van der Waals surface area contributed by atoms with E-state index in [-0.39, 0.29) is 49.0 Å². The topological polar surface area (TPSA) is 133 Å². The van der Waals surface area contributed by atoms with E-state index < -0.39 is 11.5 Å². The van der Waals surface area contributed by atoms with Crippen LogP contribution in [0.5, 0.6) is 0 Å². The number of hydrogen-bond acceptors (Lipinski definition) is 7. The molecule has 1 aliphatic heterocycles. The fourth-order valence-corrected chi connectivity index (χ4v) is 2.93. The molecule has 0 radical (unpaired) electrons. The van der Waals surface area contributed by atoms with Crippen LogP contribution in [0.4, 0.5) is 0 Å². The number of rotatable bonds is 4. The summed E-state index contributed by atoms with van der Waals surface area (Å²) >= 11 is 0. The van der Waals surface area contributed by atoms with Crippen LogP contribution in [-0.4, -0.2) is 80.4 Å². The number of hydrogen-bond donors (Lipinski definition) is 3. The van der Waals surface area contributed by atoms with E-state index in [1.54, 1.807) is 6.07 Å². The van der Waals surface area contributed by atoms with E-state index in [9.17, 15) is 14.7 Å². The van der Waals surface area contributed by atoms with Gasteiger partial charge in [-0.05, 0) is 6.07 Å². The van der Waals surface area contributed by atoms with Gasteiger partial charge in [-0.3, -0.25) is 19.7 Å². The van der Waals surface area contributed by atoms with E-state index in [1.165, 1.54) is 23.5 Å². The normalized spacial score (nSPS) is 20.2. The first-order chi connectivity index (χ1) is 13.7. The van der Waals surface area contributed by atoms with Crippen LogP contribution >= 0.6 is 0 Å². The zero-order valence-electron chi connectivity index (χ0n) is 16.8. The monoisotopic (exact) mass is 402 g/mol. The molecule has 3 heterocycles. The molecule has 10 heteroatoms. The van der Waals surface area contributed by atoms with Crippen molar-refractivity contribution >= 4 is 11.8 Å². The summed E-state index contributed by atoms with van der Waals surface area (Å²) in [7, 11) is 0. The maximum Gasteiger partial charge on any atom is 0.274 e. The van der Waals surface area contributed by atoms with Gasteiger partial charge >= 0.3 is 0 Å². The van der Waals surface area contributed by atoms with Crippen LogP contribution in [0.2, 0.25) is 0 Å². The van der Waals surface area contributed by atoms with Gasteiger partial charge in [0.05, 0.1) is 32.5 Å². The maximum atomic E-state index is 12.9. The number of aromatic nitrogens is 4. The summed E-state index contributed by atoms with van der Waals surface area (Å²) < 4.78 is 5.47. The Bertz CT molecular complexity index is 863. The average molecular weight is 402 g/mol. The molecule has 0 aromatic carbocycles. The summed E-state index contributed by atoms with van der Waals surface area (Å²) in [5.74, 6) is -0.767. The van der Waals surface area contributed by atoms with Gasteiger partial charge in [0.2, 0.25) is 0 Å². The Kier molecular flexibility index (Phi) is 5.94. The standard InChI is InChI=1S/C19H26N6O4/c1-18(2,3)15-8-13(23-24-15)17(27)25-6-7-29-12-19(28,11-25)10-22-16(26)14-9-20-4-5-21-14/h4-5,8-9,28H,6-7,10-12H2,1-3H3,(H,22,26)(H,23,24)/t19-/m1/s1. The molecule has 156 valence electrons. The molecular weight excluding hydrogens is 376 g/mol. The van der Waals surface area contributed by atoms with Crippen molar-refractivity contribution in [1.29, 1.82) is 0 Å². The lowest BCUT2D eigenvalue weighted by Crippen LogP contribution is -2.53. The number of amides is 2. The smallest absolute Gasteiger partial charge is 0.274 e. The highest BCUT2D eigenvalue weighted by atomic mass is 16.5. The van der Waals surface area contributed by atoms with Crippen molar-refractivity contribution in [2.45, 2.75) is 31.8 Å². The first-order valence-electron chi connectivity index (χ1n) is 9.37. The number of aliphatic hydroxyl groups is 1. The Morgan fingerprint density at radius 3 is 2.79 bits per heavy atom. The Morgan fingerprint density at radius 1 is 1.34 bits per heavy atom. The molecular formula is C19H26N6O4. The van der Waals surface area contributed by atoms with Gasteiger partial charge < -0.3 is 20.1 Å². The van der Waals surface area contributed by atoms with Crippen molar-refractivity contribution < 1.29 is 19.4 Å². The molecule has 0 unspecified atom stereocenters. The molecule has 2 amide bonds. The largest absolute Gasteiger partial charge is 0.384 e. The minimum absolute atomic E-state index is 0.00426. The van der Waals surface area contributed by atoms with Crippen LogP contribution in [0.25, 0.3) is 0 Å². The number of ether oxygens (including phenoxy) is 1. The minimum atomic E-state index is -1.44. The summed E-state index contributed by atoms with van der Waals surface area (Å²) in [4.78, 5) is 34.4. The van der Waals surface area contributed by atoms with Gasteiger partial charge in [0, 0.05) is 30.0 Å². The average Bonchev–Trinajstić information content (AvgIpc) is 3.11. The SMILES string of the molecule is CC(C)(C)c1cc(C(=O)N2CCOC[C@@](O)(CNC(=O)c3cnccn3)C2)n[nH]1. The van der Waals surface area contributed by atoms with Gasteiger partial charge in [-0.1, -0.05) is 20.8 Å². The minimum Gasteiger partial charge on any atom is -0.384 e. The molecule has 0 bridgehead atoms. The number of aromatic amines is 1. The molecule has 2 aromatic heterocycles. The highest BCUT2D eigenvalue weighted by Gasteiger charge is 2.36. The lowest BCUT2D eigenvalue weighted by molar-refractivity contribution is -0.0324. The Hall–Kier alpha value is -2.85. The summed E-state index contributed by atoms with van der Waals surface area (Å²) in [6.07, 6.45) is 4.21.